The predicted molar refractivity (Wildman–Crippen MR) is 87.9 cm³/mol. The summed E-state index contributed by atoms with van der Waals surface area (Å²) in [7, 11) is -3.25. The van der Waals surface area contributed by atoms with Crippen LogP contribution in [0.5, 0.6) is 0 Å². The van der Waals surface area contributed by atoms with E-state index in [1.807, 2.05) is 25.1 Å². The second-order valence-electron chi connectivity index (χ2n) is 6.26. The summed E-state index contributed by atoms with van der Waals surface area (Å²) in [5.41, 5.74) is 2.82. The van der Waals surface area contributed by atoms with Gasteiger partial charge in [0.1, 0.15) is 4.90 Å². The summed E-state index contributed by atoms with van der Waals surface area (Å²) in [5.74, 6) is 0.167. The highest BCUT2D eigenvalue weighted by Gasteiger charge is 2.27. The van der Waals surface area contributed by atoms with Gasteiger partial charge in [0.2, 0.25) is 0 Å². The summed E-state index contributed by atoms with van der Waals surface area (Å²) >= 11 is 0. The fourth-order valence-electron chi connectivity index (χ4n) is 3.22. The fourth-order valence-corrected chi connectivity index (χ4v) is 4.08. The van der Waals surface area contributed by atoms with Gasteiger partial charge in [0.05, 0.1) is 17.6 Å². The zero-order valence-electron chi connectivity index (χ0n) is 13.5. The van der Waals surface area contributed by atoms with E-state index >= 15 is 0 Å². The molecule has 0 bridgehead atoms. The number of aromatic amines is 1. The average molecular weight is 334 g/mol. The highest BCUT2D eigenvalue weighted by molar-refractivity contribution is 7.90. The summed E-state index contributed by atoms with van der Waals surface area (Å²) < 4.78 is 23.8. The monoisotopic (exact) mass is 334 g/mol. The minimum absolute atomic E-state index is 0.167. The van der Waals surface area contributed by atoms with Crippen molar-refractivity contribution in [2.75, 3.05) is 19.3 Å². The van der Waals surface area contributed by atoms with E-state index in [-0.39, 0.29) is 5.92 Å². The first kappa shape index (κ1) is 16.1. The van der Waals surface area contributed by atoms with Gasteiger partial charge in [0, 0.05) is 31.0 Å². The standard InChI is InChI=1S/C16H22N4O2S/c1-12-5-3-7-14(18-12)11-20-8-4-6-13(10-20)16-15(9-17-19-16)23(2,21)22/h3,5,7,9,13H,4,6,8,10-11H2,1-2H3,(H,17,19)/t13-/m0/s1. The molecule has 1 aliphatic heterocycles. The molecular formula is C16H22N4O2S. The number of aryl methyl sites for hydroxylation is 1. The number of hydrogen-bond acceptors (Lipinski definition) is 5. The molecule has 1 N–H and O–H groups in total. The van der Waals surface area contributed by atoms with Crippen LogP contribution in [0, 0.1) is 6.92 Å². The molecule has 23 heavy (non-hydrogen) atoms. The van der Waals surface area contributed by atoms with E-state index in [2.05, 4.69) is 20.1 Å². The maximum absolute atomic E-state index is 11.9. The molecule has 7 heteroatoms. The largest absolute Gasteiger partial charge is 0.297 e. The zero-order chi connectivity index (χ0) is 16.4. The van der Waals surface area contributed by atoms with Crippen molar-refractivity contribution in [2.45, 2.75) is 37.1 Å². The van der Waals surface area contributed by atoms with E-state index in [9.17, 15) is 8.42 Å². The lowest BCUT2D eigenvalue weighted by molar-refractivity contribution is 0.195. The summed E-state index contributed by atoms with van der Waals surface area (Å²) in [4.78, 5) is 7.22. The van der Waals surface area contributed by atoms with Gasteiger partial charge in [-0.1, -0.05) is 6.07 Å². The molecule has 0 aromatic carbocycles. The van der Waals surface area contributed by atoms with E-state index in [1.165, 1.54) is 12.5 Å². The Morgan fingerprint density at radius 3 is 2.96 bits per heavy atom. The van der Waals surface area contributed by atoms with Crippen LogP contribution in [0.2, 0.25) is 0 Å². The third kappa shape index (κ3) is 3.79. The number of hydrogen-bond donors (Lipinski definition) is 1. The molecule has 1 saturated heterocycles. The van der Waals surface area contributed by atoms with Crippen LogP contribution < -0.4 is 0 Å². The number of H-pyrrole nitrogens is 1. The minimum atomic E-state index is -3.25. The van der Waals surface area contributed by atoms with Crippen LogP contribution >= 0.6 is 0 Å². The van der Waals surface area contributed by atoms with Crippen molar-refractivity contribution >= 4 is 9.84 Å². The Labute approximate surface area is 136 Å². The van der Waals surface area contributed by atoms with Crippen molar-refractivity contribution in [2.24, 2.45) is 0 Å². The third-order valence-electron chi connectivity index (χ3n) is 4.28. The van der Waals surface area contributed by atoms with Crippen LogP contribution in [0.25, 0.3) is 0 Å². The second-order valence-corrected chi connectivity index (χ2v) is 8.25. The molecule has 1 fully saturated rings. The van der Waals surface area contributed by atoms with Crippen LogP contribution in [-0.2, 0) is 16.4 Å². The molecular weight excluding hydrogens is 312 g/mol. The summed E-state index contributed by atoms with van der Waals surface area (Å²) in [6, 6.07) is 6.05. The number of rotatable bonds is 4. The number of pyridine rings is 1. The van der Waals surface area contributed by atoms with Crippen molar-refractivity contribution in [1.29, 1.82) is 0 Å². The Hall–Kier alpha value is -1.73. The lowest BCUT2D eigenvalue weighted by atomic mass is 9.95. The quantitative estimate of drug-likeness (QED) is 0.924. The highest BCUT2D eigenvalue weighted by atomic mass is 32.2. The van der Waals surface area contributed by atoms with Gasteiger partial charge in [-0.05, 0) is 38.4 Å². The van der Waals surface area contributed by atoms with Gasteiger partial charge >= 0.3 is 0 Å². The first-order valence-electron chi connectivity index (χ1n) is 7.81. The molecule has 2 aromatic rings. The van der Waals surface area contributed by atoms with Gasteiger partial charge < -0.3 is 0 Å². The zero-order valence-corrected chi connectivity index (χ0v) is 14.3. The molecule has 6 nitrogen and oxygen atoms in total. The Morgan fingerprint density at radius 1 is 1.39 bits per heavy atom. The normalized spacial score (nSPS) is 19.8. The molecule has 3 rings (SSSR count). The van der Waals surface area contributed by atoms with Crippen molar-refractivity contribution in [1.82, 2.24) is 20.1 Å². The van der Waals surface area contributed by atoms with Crippen LogP contribution in [0.15, 0.2) is 29.3 Å². The molecule has 124 valence electrons. The number of nitrogens with one attached hydrogen (secondary N) is 1. The summed E-state index contributed by atoms with van der Waals surface area (Å²) in [6.45, 7) is 4.61. The highest BCUT2D eigenvalue weighted by Crippen LogP contribution is 2.30. The molecule has 3 heterocycles. The maximum Gasteiger partial charge on any atom is 0.178 e. The molecule has 0 spiro atoms. The Morgan fingerprint density at radius 2 is 2.22 bits per heavy atom. The van der Waals surface area contributed by atoms with Crippen LogP contribution in [0.4, 0.5) is 0 Å². The topological polar surface area (TPSA) is 79.0 Å². The van der Waals surface area contributed by atoms with E-state index in [4.69, 9.17) is 0 Å². The lowest BCUT2D eigenvalue weighted by Gasteiger charge is -2.32. The van der Waals surface area contributed by atoms with E-state index in [0.29, 0.717) is 4.90 Å². The Kier molecular flexibility index (Phi) is 4.50. The second kappa shape index (κ2) is 6.41. The van der Waals surface area contributed by atoms with Crippen molar-refractivity contribution < 1.29 is 8.42 Å². The molecule has 0 unspecified atom stereocenters. The molecule has 1 atom stereocenters. The molecule has 1 aliphatic rings. The van der Waals surface area contributed by atoms with Crippen LogP contribution in [0.1, 0.15) is 35.8 Å². The van der Waals surface area contributed by atoms with Gasteiger partial charge in [-0.3, -0.25) is 15.0 Å². The van der Waals surface area contributed by atoms with Crippen LogP contribution in [0.3, 0.4) is 0 Å². The lowest BCUT2D eigenvalue weighted by Crippen LogP contribution is -2.34. The first-order valence-corrected chi connectivity index (χ1v) is 9.71. The van der Waals surface area contributed by atoms with E-state index in [0.717, 1.165) is 49.6 Å². The van der Waals surface area contributed by atoms with Gasteiger partial charge in [0.25, 0.3) is 0 Å². The molecule has 0 saturated carbocycles. The summed E-state index contributed by atoms with van der Waals surface area (Å²) in [5, 5.41) is 6.85. The van der Waals surface area contributed by atoms with Gasteiger partial charge in [-0.25, -0.2) is 8.42 Å². The first-order chi connectivity index (χ1) is 10.9. The van der Waals surface area contributed by atoms with E-state index < -0.39 is 9.84 Å². The number of sulfone groups is 1. The maximum atomic E-state index is 11.9. The number of nitrogens with zero attached hydrogens (tertiary/aromatic N) is 3. The predicted octanol–water partition coefficient (Wildman–Crippen LogP) is 1.90. The Bertz CT molecular complexity index is 785. The van der Waals surface area contributed by atoms with Gasteiger partial charge in [-0.2, -0.15) is 5.10 Å². The fraction of sp³-hybridized carbons (Fsp3) is 0.500. The average Bonchev–Trinajstić information content (AvgIpc) is 2.97. The Balaban J connectivity index is 1.75. The van der Waals surface area contributed by atoms with E-state index in [1.54, 1.807) is 0 Å². The third-order valence-corrected chi connectivity index (χ3v) is 5.40. The number of aromatic nitrogens is 3. The van der Waals surface area contributed by atoms with Crippen molar-refractivity contribution in [3.8, 4) is 0 Å². The van der Waals surface area contributed by atoms with Crippen molar-refractivity contribution in [3.63, 3.8) is 0 Å². The number of likely N-dealkylation sites (tertiary alicyclic amines) is 1. The smallest absolute Gasteiger partial charge is 0.178 e. The number of piperidine rings is 1. The molecule has 2 aromatic heterocycles. The summed E-state index contributed by atoms with van der Waals surface area (Å²) in [6.07, 6.45) is 4.67. The van der Waals surface area contributed by atoms with Crippen LogP contribution in [-0.4, -0.2) is 47.8 Å². The molecule has 0 amide bonds. The minimum Gasteiger partial charge on any atom is -0.297 e. The SMILES string of the molecule is Cc1cccc(CN2CCC[C@H](c3[nH]ncc3S(C)(=O)=O)C2)n1. The van der Waals surface area contributed by atoms with Crippen molar-refractivity contribution in [3.05, 3.63) is 41.5 Å². The molecule has 0 aliphatic carbocycles. The molecule has 0 radical (unpaired) electrons. The van der Waals surface area contributed by atoms with Gasteiger partial charge in [-0.15, -0.1) is 0 Å². The van der Waals surface area contributed by atoms with Gasteiger partial charge in [0.15, 0.2) is 9.84 Å².